The first kappa shape index (κ1) is 24.8. The molecular weight excluding hydrogens is 452 g/mol. The molecule has 0 saturated carbocycles. The minimum absolute atomic E-state index is 0.0965. The van der Waals surface area contributed by atoms with E-state index in [1.54, 1.807) is 25.4 Å². The smallest absolute Gasteiger partial charge is 0.247 e. The fourth-order valence-electron chi connectivity index (χ4n) is 4.67. The van der Waals surface area contributed by atoms with Crippen molar-refractivity contribution in [2.24, 2.45) is 5.92 Å². The van der Waals surface area contributed by atoms with E-state index in [4.69, 9.17) is 4.74 Å². The van der Waals surface area contributed by atoms with Gasteiger partial charge in [-0.25, -0.2) is 18.4 Å². The number of hydrogen-bond donors (Lipinski definition) is 1. The number of aromatic nitrogens is 2. The maximum Gasteiger partial charge on any atom is 0.247 e. The van der Waals surface area contributed by atoms with Crippen LogP contribution in [0.1, 0.15) is 44.2 Å². The molecule has 1 aliphatic carbocycles. The van der Waals surface area contributed by atoms with Crippen molar-refractivity contribution in [1.29, 1.82) is 0 Å². The first-order chi connectivity index (χ1) is 16.3. The minimum Gasteiger partial charge on any atom is -0.487 e. The molecule has 0 bridgehead atoms. The number of allylic oxidation sites excluding steroid dienone is 2. The Bertz CT molecular complexity index is 1120. The Balaban J connectivity index is 1.69. The molecule has 34 heavy (non-hydrogen) atoms. The summed E-state index contributed by atoms with van der Waals surface area (Å²) < 4.78 is 35.2. The van der Waals surface area contributed by atoms with Crippen LogP contribution in [0.4, 0.5) is 0 Å². The molecule has 1 N–H and O–H groups in total. The molecule has 1 aromatic carbocycles. The van der Waals surface area contributed by atoms with Gasteiger partial charge in [-0.1, -0.05) is 19.1 Å². The highest BCUT2D eigenvalue weighted by Crippen LogP contribution is 2.37. The first-order valence-corrected chi connectivity index (χ1v) is 13.3. The van der Waals surface area contributed by atoms with Gasteiger partial charge < -0.3 is 9.84 Å². The third kappa shape index (κ3) is 5.33. The van der Waals surface area contributed by atoms with E-state index in [0.29, 0.717) is 18.8 Å². The van der Waals surface area contributed by atoms with Crippen molar-refractivity contribution in [1.82, 2.24) is 19.2 Å². The number of aliphatic hydroxyl groups excluding tert-OH is 1. The number of fused-ring (bicyclic) bond motifs is 1. The molecule has 184 valence electrons. The first-order valence-electron chi connectivity index (χ1n) is 11.8. The predicted octanol–water partition coefficient (Wildman–Crippen LogP) is 2.94. The topological polar surface area (TPSA) is 95.9 Å². The SMILES string of the molecule is C[C@H](CO)N1C[C@H](C)[C@H](CN(C)Cc2cncnc2)Oc2cc(C3=CCCC3)ccc2S1(=O)=O. The van der Waals surface area contributed by atoms with Crippen LogP contribution in [0.25, 0.3) is 5.57 Å². The van der Waals surface area contributed by atoms with E-state index in [-0.39, 0.29) is 30.1 Å². The van der Waals surface area contributed by atoms with Gasteiger partial charge in [-0.3, -0.25) is 4.90 Å². The van der Waals surface area contributed by atoms with Crippen LogP contribution >= 0.6 is 0 Å². The summed E-state index contributed by atoms with van der Waals surface area (Å²) in [4.78, 5) is 10.5. The standard InChI is InChI=1S/C25H34N4O4S/c1-18-13-29(19(2)16-30)34(31,32)25-9-8-22(21-6-4-5-7-21)10-23(25)33-24(18)15-28(3)14-20-11-26-17-27-12-20/h6,8-12,17-19,24,30H,4-5,7,13-16H2,1-3H3/t18-,19+,24-/m0/s1. The molecule has 0 radical (unpaired) electrons. The van der Waals surface area contributed by atoms with Gasteiger partial charge in [0, 0.05) is 49.6 Å². The molecule has 2 aliphatic rings. The number of ether oxygens (including phenoxy) is 1. The van der Waals surface area contributed by atoms with Gasteiger partial charge in [0.1, 0.15) is 23.1 Å². The molecule has 8 nitrogen and oxygen atoms in total. The molecule has 0 amide bonds. The van der Waals surface area contributed by atoms with Gasteiger partial charge in [0.2, 0.25) is 10.0 Å². The van der Waals surface area contributed by atoms with E-state index in [1.807, 2.05) is 26.1 Å². The average Bonchev–Trinajstić information content (AvgIpc) is 3.36. The highest BCUT2D eigenvalue weighted by Gasteiger charge is 2.38. The molecular formula is C25H34N4O4S. The van der Waals surface area contributed by atoms with Crippen LogP contribution in [0.15, 0.2) is 47.9 Å². The number of aliphatic hydroxyl groups is 1. The highest BCUT2D eigenvalue weighted by atomic mass is 32.2. The van der Waals surface area contributed by atoms with Gasteiger partial charge in [0.25, 0.3) is 0 Å². The van der Waals surface area contributed by atoms with Crippen LogP contribution in [0.5, 0.6) is 5.75 Å². The molecule has 2 heterocycles. The predicted molar refractivity (Wildman–Crippen MR) is 131 cm³/mol. The summed E-state index contributed by atoms with van der Waals surface area (Å²) in [5.74, 6) is 0.286. The van der Waals surface area contributed by atoms with Crippen molar-refractivity contribution >= 4 is 15.6 Å². The van der Waals surface area contributed by atoms with Crippen molar-refractivity contribution < 1.29 is 18.3 Å². The Morgan fingerprint density at radius 3 is 2.74 bits per heavy atom. The van der Waals surface area contributed by atoms with Crippen LogP contribution in [0.3, 0.4) is 0 Å². The summed E-state index contributed by atoms with van der Waals surface area (Å²) in [6.07, 6.45) is 10.2. The van der Waals surface area contributed by atoms with Gasteiger partial charge in [0.15, 0.2) is 0 Å². The molecule has 9 heteroatoms. The second kappa shape index (κ2) is 10.5. The van der Waals surface area contributed by atoms with E-state index in [2.05, 4.69) is 20.9 Å². The lowest BCUT2D eigenvalue weighted by Crippen LogP contribution is -2.49. The fraction of sp³-hybridized carbons (Fsp3) is 0.520. The zero-order valence-corrected chi connectivity index (χ0v) is 20.9. The summed E-state index contributed by atoms with van der Waals surface area (Å²) in [6.45, 7) is 5.02. The monoisotopic (exact) mass is 486 g/mol. The van der Waals surface area contributed by atoms with Crippen molar-refractivity contribution in [3.63, 3.8) is 0 Å². The molecule has 1 aliphatic heterocycles. The van der Waals surface area contributed by atoms with Gasteiger partial charge in [-0.2, -0.15) is 4.31 Å². The van der Waals surface area contributed by atoms with Gasteiger partial charge in [-0.05, 0) is 56.5 Å². The molecule has 0 fully saturated rings. The van der Waals surface area contributed by atoms with E-state index < -0.39 is 16.1 Å². The third-order valence-corrected chi connectivity index (χ3v) is 8.66. The highest BCUT2D eigenvalue weighted by molar-refractivity contribution is 7.89. The summed E-state index contributed by atoms with van der Waals surface area (Å²) in [7, 11) is -1.82. The number of likely N-dealkylation sites (N-methyl/N-ethyl adjacent to an activating group) is 1. The van der Waals surface area contributed by atoms with Crippen molar-refractivity contribution in [2.45, 2.75) is 56.7 Å². The lowest BCUT2D eigenvalue weighted by Gasteiger charge is -2.37. The molecule has 4 rings (SSSR count). The quantitative estimate of drug-likeness (QED) is 0.643. The Labute approximate surface area is 202 Å². The number of hydrogen-bond acceptors (Lipinski definition) is 7. The molecule has 0 saturated heterocycles. The Hall–Kier alpha value is -2.33. The average molecular weight is 487 g/mol. The normalized spacial score (nSPS) is 23.5. The zero-order valence-electron chi connectivity index (χ0n) is 20.1. The third-order valence-electron chi connectivity index (χ3n) is 6.64. The largest absolute Gasteiger partial charge is 0.487 e. The zero-order chi connectivity index (χ0) is 24.3. The lowest BCUT2D eigenvalue weighted by atomic mass is 10.0. The maximum atomic E-state index is 13.6. The number of benzene rings is 1. The van der Waals surface area contributed by atoms with E-state index >= 15 is 0 Å². The van der Waals surface area contributed by atoms with Crippen LogP contribution in [0.2, 0.25) is 0 Å². The van der Waals surface area contributed by atoms with Gasteiger partial charge in [0.05, 0.1) is 6.61 Å². The summed E-state index contributed by atoms with van der Waals surface area (Å²) in [5.41, 5.74) is 3.24. The lowest BCUT2D eigenvalue weighted by molar-refractivity contribution is 0.0733. The second-order valence-corrected chi connectivity index (χ2v) is 11.3. The van der Waals surface area contributed by atoms with Gasteiger partial charge >= 0.3 is 0 Å². The summed E-state index contributed by atoms with van der Waals surface area (Å²) in [6, 6.07) is 4.88. The summed E-state index contributed by atoms with van der Waals surface area (Å²) >= 11 is 0. The van der Waals surface area contributed by atoms with E-state index in [1.165, 1.54) is 16.2 Å². The number of sulfonamides is 1. The van der Waals surface area contributed by atoms with E-state index in [9.17, 15) is 13.5 Å². The minimum atomic E-state index is -3.83. The molecule has 0 unspecified atom stereocenters. The van der Waals surface area contributed by atoms with Crippen LogP contribution < -0.4 is 4.74 Å². The Morgan fingerprint density at radius 2 is 2.06 bits per heavy atom. The van der Waals surface area contributed by atoms with Crippen LogP contribution in [-0.4, -0.2) is 71.6 Å². The fourth-order valence-corrected chi connectivity index (χ4v) is 6.50. The Kier molecular flexibility index (Phi) is 7.67. The van der Waals surface area contributed by atoms with Crippen molar-refractivity contribution in [3.05, 3.63) is 54.1 Å². The van der Waals surface area contributed by atoms with Crippen molar-refractivity contribution in [2.75, 3.05) is 26.7 Å². The second-order valence-electron chi connectivity index (χ2n) is 9.47. The van der Waals surface area contributed by atoms with Crippen LogP contribution in [0, 0.1) is 5.92 Å². The van der Waals surface area contributed by atoms with Gasteiger partial charge in [-0.15, -0.1) is 0 Å². The molecule has 2 aromatic rings. The van der Waals surface area contributed by atoms with Crippen LogP contribution in [-0.2, 0) is 16.6 Å². The summed E-state index contributed by atoms with van der Waals surface area (Å²) in [5, 5.41) is 9.81. The molecule has 1 aromatic heterocycles. The number of nitrogens with zero attached hydrogens (tertiary/aromatic N) is 4. The maximum absolute atomic E-state index is 13.6. The number of rotatable bonds is 7. The molecule has 0 spiro atoms. The van der Waals surface area contributed by atoms with Crippen molar-refractivity contribution in [3.8, 4) is 5.75 Å². The van der Waals surface area contributed by atoms with E-state index in [0.717, 1.165) is 30.4 Å². The molecule has 3 atom stereocenters. The Morgan fingerprint density at radius 1 is 1.29 bits per heavy atom.